The first-order valence-electron chi connectivity index (χ1n) is 15.2. The van der Waals surface area contributed by atoms with E-state index in [2.05, 4.69) is 19.8 Å². The van der Waals surface area contributed by atoms with Crippen molar-refractivity contribution in [3.63, 3.8) is 0 Å². The first-order chi connectivity index (χ1) is 17.7. The van der Waals surface area contributed by atoms with E-state index < -0.39 is 0 Å². The Morgan fingerprint density at radius 2 is 0.778 bits per heavy atom. The van der Waals surface area contributed by atoms with Crippen LogP contribution in [0.2, 0.25) is 0 Å². The second kappa shape index (κ2) is 12.5. The third kappa shape index (κ3) is 5.94. The minimum absolute atomic E-state index is 0.0205. The minimum Gasteiger partial charge on any atom is -0.331 e. The SMILES string of the molecule is O=C(c1cc(C(=O)N(C2CCCCC2)C2CCCCC2)ncn1)N(C1CCCCC1)C1CCCCC1. The second-order valence-corrected chi connectivity index (χ2v) is 11.9. The molecule has 5 rings (SSSR count). The molecule has 2 amide bonds. The average Bonchev–Trinajstić information content (AvgIpc) is 2.96. The molecule has 6 nitrogen and oxygen atoms in total. The molecular formula is C30H46N4O2. The number of aromatic nitrogens is 2. The van der Waals surface area contributed by atoms with Gasteiger partial charge < -0.3 is 9.80 Å². The molecule has 36 heavy (non-hydrogen) atoms. The van der Waals surface area contributed by atoms with Gasteiger partial charge in [-0.2, -0.15) is 0 Å². The summed E-state index contributed by atoms with van der Waals surface area (Å²) >= 11 is 0. The summed E-state index contributed by atoms with van der Waals surface area (Å²) in [6.07, 6.45) is 24.9. The monoisotopic (exact) mass is 494 g/mol. The van der Waals surface area contributed by atoms with E-state index in [1.54, 1.807) is 6.07 Å². The van der Waals surface area contributed by atoms with Crippen LogP contribution >= 0.6 is 0 Å². The van der Waals surface area contributed by atoms with Crippen LogP contribution in [0.1, 0.15) is 149 Å². The summed E-state index contributed by atoms with van der Waals surface area (Å²) in [4.78, 5) is 41.3. The minimum atomic E-state index is 0.0205. The lowest BCUT2D eigenvalue weighted by Crippen LogP contribution is -2.50. The fourth-order valence-electron chi connectivity index (χ4n) is 7.55. The van der Waals surface area contributed by atoms with Gasteiger partial charge in [0, 0.05) is 30.2 Å². The van der Waals surface area contributed by atoms with Crippen molar-refractivity contribution < 1.29 is 9.59 Å². The predicted molar refractivity (Wildman–Crippen MR) is 142 cm³/mol. The Morgan fingerprint density at radius 1 is 0.500 bits per heavy atom. The number of hydrogen-bond donors (Lipinski definition) is 0. The van der Waals surface area contributed by atoms with Crippen LogP contribution in [0.3, 0.4) is 0 Å². The van der Waals surface area contributed by atoms with Gasteiger partial charge in [-0.15, -0.1) is 0 Å². The lowest BCUT2D eigenvalue weighted by atomic mass is 9.88. The maximum absolute atomic E-state index is 14.0. The zero-order chi connectivity index (χ0) is 24.7. The number of carbonyl (C=O) groups excluding carboxylic acids is 2. The van der Waals surface area contributed by atoms with E-state index in [1.807, 2.05) is 0 Å². The Hall–Kier alpha value is -1.98. The Bertz CT molecular complexity index is 762. The maximum atomic E-state index is 14.0. The molecule has 0 bridgehead atoms. The zero-order valence-corrected chi connectivity index (χ0v) is 22.2. The first kappa shape index (κ1) is 25.7. The molecule has 6 heteroatoms. The van der Waals surface area contributed by atoms with Gasteiger partial charge in [0.05, 0.1) is 0 Å². The molecule has 4 fully saturated rings. The van der Waals surface area contributed by atoms with Gasteiger partial charge in [-0.25, -0.2) is 9.97 Å². The molecule has 1 aromatic heterocycles. The van der Waals surface area contributed by atoms with Crippen molar-refractivity contribution in [1.29, 1.82) is 0 Å². The van der Waals surface area contributed by atoms with Crippen LogP contribution in [0.4, 0.5) is 0 Å². The van der Waals surface area contributed by atoms with Crippen LogP contribution in [0.15, 0.2) is 12.4 Å². The van der Waals surface area contributed by atoms with Crippen molar-refractivity contribution in [3.05, 3.63) is 23.8 Å². The number of carbonyl (C=O) groups is 2. The molecular weight excluding hydrogens is 448 g/mol. The smallest absolute Gasteiger partial charge is 0.273 e. The molecule has 0 saturated heterocycles. The molecule has 1 aromatic rings. The summed E-state index contributed by atoms with van der Waals surface area (Å²) in [6, 6.07) is 2.96. The van der Waals surface area contributed by atoms with E-state index in [-0.39, 0.29) is 11.8 Å². The Labute approximate surface area is 217 Å². The standard InChI is InChI=1S/C30H46N4O2/c35-29(33(23-13-5-1-6-14-23)24-15-7-2-8-16-24)27-21-28(32-22-31-27)30(36)34(25-17-9-3-10-18-25)26-19-11-4-12-20-26/h21-26H,1-20H2. The molecule has 0 atom stereocenters. The number of amides is 2. The Morgan fingerprint density at radius 3 is 1.06 bits per heavy atom. The topological polar surface area (TPSA) is 66.4 Å². The number of rotatable bonds is 6. The van der Waals surface area contributed by atoms with Crippen molar-refractivity contribution in [3.8, 4) is 0 Å². The average molecular weight is 495 g/mol. The van der Waals surface area contributed by atoms with Crippen molar-refractivity contribution >= 4 is 11.8 Å². The Balaban J connectivity index is 1.39. The van der Waals surface area contributed by atoms with E-state index in [0.29, 0.717) is 35.6 Å². The number of hydrogen-bond acceptors (Lipinski definition) is 4. The largest absolute Gasteiger partial charge is 0.331 e. The molecule has 0 N–H and O–H groups in total. The van der Waals surface area contributed by atoms with Gasteiger partial charge in [0.15, 0.2) is 0 Å². The lowest BCUT2D eigenvalue weighted by molar-refractivity contribution is 0.0438. The van der Waals surface area contributed by atoms with Crippen LogP contribution in [-0.4, -0.2) is 55.7 Å². The van der Waals surface area contributed by atoms with Gasteiger partial charge in [0.1, 0.15) is 17.7 Å². The molecule has 1 heterocycles. The molecule has 0 aliphatic heterocycles. The van der Waals surface area contributed by atoms with Gasteiger partial charge in [-0.05, 0) is 51.4 Å². The summed E-state index contributed by atoms with van der Waals surface area (Å²) in [5.74, 6) is 0.0410. The normalized spacial score (nSPS) is 23.3. The molecule has 4 aliphatic carbocycles. The highest BCUT2D eigenvalue weighted by atomic mass is 16.2. The summed E-state index contributed by atoms with van der Waals surface area (Å²) in [5.41, 5.74) is 0.827. The van der Waals surface area contributed by atoms with Crippen LogP contribution in [0.25, 0.3) is 0 Å². The van der Waals surface area contributed by atoms with Crippen LogP contribution < -0.4 is 0 Å². The molecule has 4 aliphatic rings. The van der Waals surface area contributed by atoms with Gasteiger partial charge in [-0.3, -0.25) is 9.59 Å². The van der Waals surface area contributed by atoms with Crippen LogP contribution in [0.5, 0.6) is 0 Å². The Kier molecular flexibility index (Phi) is 8.92. The van der Waals surface area contributed by atoms with Gasteiger partial charge in [-0.1, -0.05) is 77.0 Å². The summed E-state index contributed by atoms with van der Waals surface area (Å²) in [6.45, 7) is 0. The molecule has 0 unspecified atom stereocenters. The summed E-state index contributed by atoms with van der Waals surface area (Å²) in [7, 11) is 0. The van der Waals surface area contributed by atoms with Gasteiger partial charge in [0.25, 0.3) is 11.8 Å². The van der Waals surface area contributed by atoms with Crippen molar-refractivity contribution in [2.75, 3.05) is 0 Å². The fourth-order valence-corrected chi connectivity index (χ4v) is 7.55. The summed E-state index contributed by atoms with van der Waals surface area (Å²) < 4.78 is 0. The van der Waals surface area contributed by atoms with E-state index in [0.717, 1.165) is 51.4 Å². The summed E-state index contributed by atoms with van der Waals surface area (Å²) in [5, 5.41) is 0. The lowest BCUT2D eigenvalue weighted by Gasteiger charge is -2.42. The maximum Gasteiger partial charge on any atom is 0.273 e. The predicted octanol–water partition coefficient (Wildman–Crippen LogP) is 6.69. The van der Waals surface area contributed by atoms with E-state index in [1.165, 1.54) is 83.4 Å². The van der Waals surface area contributed by atoms with Crippen molar-refractivity contribution in [1.82, 2.24) is 19.8 Å². The third-order valence-electron chi connectivity index (χ3n) is 9.45. The third-order valence-corrected chi connectivity index (χ3v) is 9.45. The van der Waals surface area contributed by atoms with Gasteiger partial charge >= 0.3 is 0 Å². The second-order valence-electron chi connectivity index (χ2n) is 11.9. The highest BCUT2D eigenvalue weighted by Gasteiger charge is 2.36. The highest BCUT2D eigenvalue weighted by molar-refractivity contribution is 5.97. The van der Waals surface area contributed by atoms with E-state index in [4.69, 9.17) is 0 Å². The van der Waals surface area contributed by atoms with Crippen molar-refractivity contribution in [2.24, 2.45) is 0 Å². The fraction of sp³-hybridized carbons (Fsp3) is 0.800. The number of nitrogens with zero attached hydrogens (tertiary/aromatic N) is 4. The molecule has 4 saturated carbocycles. The quantitative estimate of drug-likeness (QED) is 0.442. The van der Waals surface area contributed by atoms with Crippen molar-refractivity contribution in [2.45, 2.75) is 153 Å². The zero-order valence-electron chi connectivity index (χ0n) is 22.2. The molecule has 0 radical (unpaired) electrons. The molecule has 0 aromatic carbocycles. The van der Waals surface area contributed by atoms with Gasteiger partial charge in [0.2, 0.25) is 0 Å². The van der Waals surface area contributed by atoms with E-state index >= 15 is 0 Å². The van der Waals surface area contributed by atoms with E-state index in [9.17, 15) is 9.59 Å². The van der Waals surface area contributed by atoms with Crippen LogP contribution in [-0.2, 0) is 0 Å². The molecule has 198 valence electrons. The molecule has 0 spiro atoms. The van der Waals surface area contributed by atoms with Crippen LogP contribution in [0, 0.1) is 0 Å². The first-order valence-corrected chi connectivity index (χ1v) is 15.2. The highest BCUT2D eigenvalue weighted by Crippen LogP contribution is 2.33.